The number of benzene rings is 2. The van der Waals surface area contributed by atoms with Gasteiger partial charge in [-0.2, -0.15) is 0 Å². The summed E-state index contributed by atoms with van der Waals surface area (Å²) in [6, 6.07) is 16.7. The van der Waals surface area contributed by atoms with E-state index in [1.165, 1.54) is 54.4 Å². The average molecular weight is 393 g/mol. The maximum atomic E-state index is 12.6. The van der Waals surface area contributed by atoms with Gasteiger partial charge in [0.1, 0.15) is 0 Å². The molecule has 1 fully saturated rings. The van der Waals surface area contributed by atoms with Gasteiger partial charge in [-0.15, -0.1) is 0 Å². The molecule has 0 heterocycles. The Labute approximate surface area is 173 Å². The third-order valence-corrected chi connectivity index (χ3v) is 6.42. The maximum Gasteiger partial charge on any atom is 0.221 e. The molecule has 0 spiro atoms. The van der Waals surface area contributed by atoms with Crippen LogP contribution in [0.2, 0.25) is 0 Å². The molecule has 1 atom stereocenters. The quantitative estimate of drug-likeness (QED) is 0.640. The predicted octanol–water partition coefficient (Wildman–Crippen LogP) is 3.84. The Morgan fingerprint density at radius 2 is 1.55 bits per heavy atom. The van der Waals surface area contributed by atoms with Crippen molar-refractivity contribution in [1.82, 2.24) is 10.6 Å². The van der Waals surface area contributed by atoms with Crippen molar-refractivity contribution in [3.8, 4) is 11.1 Å². The zero-order valence-corrected chi connectivity index (χ0v) is 17.1. The SMILES string of the molecule is O=C(CC1c2ccccc2-c2ccccc21)NCC(O)CNCC1CCCCC1. The van der Waals surface area contributed by atoms with Gasteiger partial charge >= 0.3 is 0 Å². The molecule has 0 radical (unpaired) electrons. The first-order valence-corrected chi connectivity index (χ1v) is 11.1. The summed E-state index contributed by atoms with van der Waals surface area (Å²) < 4.78 is 0. The predicted molar refractivity (Wildman–Crippen MR) is 117 cm³/mol. The number of rotatable bonds is 8. The van der Waals surface area contributed by atoms with E-state index in [4.69, 9.17) is 0 Å². The number of carbonyl (C=O) groups excluding carboxylic acids is 1. The number of hydrogen-bond acceptors (Lipinski definition) is 3. The van der Waals surface area contributed by atoms with Crippen LogP contribution in [0.5, 0.6) is 0 Å². The lowest BCUT2D eigenvalue weighted by Gasteiger charge is -2.22. The Morgan fingerprint density at radius 1 is 0.931 bits per heavy atom. The molecule has 0 aliphatic heterocycles. The number of aliphatic hydroxyl groups excluding tert-OH is 1. The molecule has 2 aliphatic rings. The van der Waals surface area contributed by atoms with Crippen LogP contribution in [0.1, 0.15) is 55.6 Å². The monoisotopic (exact) mass is 392 g/mol. The number of carbonyl (C=O) groups is 1. The molecule has 0 saturated heterocycles. The number of aliphatic hydroxyl groups is 1. The third kappa shape index (κ3) is 4.88. The highest BCUT2D eigenvalue weighted by molar-refractivity contribution is 5.84. The van der Waals surface area contributed by atoms with Crippen molar-refractivity contribution in [2.75, 3.05) is 19.6 Å². The fourth-order valence-corrected chi connectivity index (χ4v) is 4.89. The molecule has 1 unspecified atom stereocenters. The summed E-state index contributed by atoms with van der Waals surface area (Å²) in [6.07, 6.45) is 6.48. The van der Waals surface area contributed by atoms with Crippen LogP contribution < -0.4 is 10.6 Å². The minimum atomic E-state index is -0.550. The third-order valence-electron chi connectivity index (χ3n) is 6.42. The van der Waals surface area contributed by atoms with E-state index in [-0.39, 0.29) is 11.8 Å². The molecular formula is C25H32N2O2. The maximum absolute atomic E-state index is 12.6. The van der Waals surface area contributed by atoms with Crippen LogP contribution in [0.3, 0.4) is 0 Å². The van der Waals surface area contributed by atoms with Crippen LogP contribution >= 0.6 is 0 Å². The van der Waals surface area contributed by atoms with Crippen LogP contribution in [0.4, 0.5) is 0 Å². The normalized spacial score (nSPS) is 17.6. The van der Waals surface area contributed by atoms with E-state index in [0.717, 1.165) is 12.5 Å². The molecule has 3 N–H and O–H groups in total. The molecule has 4 rings (SSSR count). The van der Waals surface area contributed by atoms with Gasteiger partial charge in [0.2, 0.25) is 5.91 Å². The number of fused-ring (bicyclic) bond motifs is 3. The van der Waals surface area contributed by atoms with Crippen LogP contribution in [-0.4, -0.2) is 36.8 Å². The molecule has 0 aromatic heterocycles. The van der Waals surface area contributed by atoms with E-state index in [9.17, 15) is 9.90 Å². The number of amides is 1. The molecule has 0 bridgehead atoms. The Hall–Kier alpha value is -2.17. The van der Waals surface area contributed by atoms with Gasteiger partial charge < -0.3 is 15.7 Å². The molecular weight excluding hydrogens is 360 g/mol. The van der Waals surface area contributed by atoms with Crippen LogP contribution in [-0.2, 0) is 4.79 Å². The summed E-state index contributed by atoms with van der Waals surface area (Å²) in [4.78, 5) is 12.6. The van der Waals surface area contributed by atoms with E-state index in [2.05, 4.69) is 47.0 Å². The summed E-state index contributed by atoms with van der Waals surface area (Å²) in [5.41, 5.74) is 4.90. The molecule has 29 heavy (non-hydrogen) atoms. The fourth-order valence-electron chi connectivity index (χ4n) is 4.89. The van der Waals surface area contributed by atoms with Gasteiger partial charge in [-0.3, -0.25) is 4.79 Å². The Kier molecular flexibility index (Phi) is 6.63. The van der Waals surface area contributed by atoms with Gasteiger partial charge in [-0.1, -0.05) is 67.8 Å². The number of nitrogens with one attached hydrogen (secondary N) is 2. The van der Waals surface area contributed by atoms with Gasteiger partial charge in [0.05, 0.1) is 6.10 Å². The molecule has 4 heteroatoms. The lowest BCUT2D eigenvalue weighted by Crippen LogP contribution is -2.39. The average Bonchev–Trinajstić information content (AvgIpc) is 3.07. The Bertz CT molecular complexity index is 784. The Balaban J connectivity index is 1.25. The first-order chi connectivity index (χ1) is 14.2. The van der Waals surface area contributed by atoms with Gasteiger partial charge in [-0.05, 0) is 47.6 Å². The van der Waals surface area contributed by atoms with Crippen molar-refractivity contribution in [3.63, 3.8) is 0 Å². The lowest BCUT2D eigenvalue weighted by atomic mass is 9.89. The van der Waals surface area contributed by atoms with Gasteiger partial charge in [0, 0.05) is 25.4 Å². The highest BCUT2D eigenvalue weighted by atomic mass is 16.3. The molecule has 154 valence electrons. The van der Waals surface area contributed by atoms with Crippen LogP contribution in [0.15, 0.2) is 48.5 Å². The second-order valence-electron chi connectivity index (χ2n) is 8.55. The van der Waals surface area contributed by atoms with E-state index in [1.54, 1.807) is 0 Å². The van der Waals surface area contributed by atoms with Gasteiger partial charge in [-0.25, -0.2) is 0 Å². The smallest absolute Gasteiger partial charge is 0.221 e. The molecule has 2 aromatic rings. The van der Waals surface area contributed by atoms with Crippen molar-refractivity contribution < 1.29 is 9.90 Å². The minimum absolute atomic E-state index is 0.00663. The van der Waals surface area contributed by atoms with Crippen molar-refractivity contribution in [2.45, 2.75) is 50.5 Å². The van der Waals surface area contributed by atoms with Crippen LogP contribution in [0.25, 0.3) is 11.1 Å². The second kappa shape index (κ2) is 9.55. The van der Waals surface area contributed by atoms with Crippen LogP contribution in [0, 0.1) is 5.92 Å². The zero-order valence-electron chi connectivity index (χ0n) is 17.1. The first kappa shape index (κ1) is 20.1. The summed E-state index contributed by atoms with van der Waals surface area (Å²) in [5.74, 6) is 0.824. The van der Waals surface area contributed by atoms with Gasteiger partial charge in [0.25, 0.3) is 0 Å². The molecule has 1 amide bonds. The highest BCUT2D eigenvalue weighted by Crippen LogP contribution is 2.45. The zero-order chi connectivity index (χ0) is 20.1. The Morgan fingerprint density at radius 3 is 2.21 bits per heavy atom. The topological polar surface area (TPSA) is 61.4 Å². The van der Waals surface area contributed by atoms with E-state index >= 15 is 0 Å². The summed E-state index contributed by atoms with van der Waals surface area (Å²) >= 11 is 0. The van der Waals surface area contributed by atoms with Crippen molar-refractivity contribution in [2.24, 2.45) is 5.92 Å². The van der Waals surface area contributed by atoms with E-state index in [1.807, 2.05) is 12.1 Å². The molecule has 4 nitrogen and oxygen atoms in total. The lowest BCUT2D eigenvalue weighted by molar-refractivity contribution is -0.121. The summed E-state index contributed by atoms with van der Waals surface area (Å²) in [7, 11) is 0. The van der Waals surface area contributed by atoms with Crippen molar-refractivity contribution in [3.05, 3.63) is 59.7 Å². The number of hydrogen-bond donors (Lipinski definition) is 3. The summed E-state index contributed by atoms with van der Waals surface area (Å²) in [6.45, 7) is 1.80. The van der Waals surface area contributed by atoms with E-state index in [0.29, 0.717) is 19.5 Å². The van der Waals surface area contributed by atoms with Crippen molar-refractivity contribution in [1.29, 1.82) is 0 Å². The summed E-state index contributed by atoms with van der Waals surface area (Å²) in [5, 5.41) is 16.5. The fraction of sp³-hybridized carbons (Fsp3) is 0.480. The highest BCUT2D eigenvalue weighted by Gasteiger charge is 2.29. The first-order valence-electron chi connectivity index (χ1n) is 11.1. The van der Waals surface area contributed by atoms with Gasteiger partial charge in [0.15, 0.2) is 0 Å². The second-order valence-corrected chi connectivity index (χ2v) is 8.55. The largest absolute Gasteiger partial charge is 0.390 e. The standard InChI is InChI=1S/C25H32N2O2/c28-19(16-26-15-18-8-2-1-3-9-18)17-27-25(29)14-24-22-12-6-4-10-20(22)21-11-5-7-13-23(21)24/h4-7,10-13,18-19,24,26,28H,1-3,8-9,14-17H2,(H,27,29). The molecule has 2 aromatic carbocycles. The minimum Gasteiger partial charge on any atom is -0.390 e. The molecule has 1 saturated carbocycles. The molecule has 2 aliphatic carbocycles. The van der Waals surface area contributed by atoms with E-state index < -0.39 is 6.10 Å². The van der Waals surface area contributed by atoms with Crippen molar-refractivity contribution >= 4 is 5.91 Å².